The van der Waals surface area contributed by atoms with E-state index in [9.17, 15) is 10.1 Å². The first-order valence-electron chi connectivity index (χ1n) is 9.00. The van der Waals surface area contributed by atoms with Gasteiger partial charge in [-0.25, -0.2) is 0 Å². The third kappa shape index (κ3) is 5.62. The summed E-state index contributed by atoms with van der Waals surface area (Å²) in [7, 11) is 0. The molecule has 0 aromatic heterocycles. The third-order valence-electron chi connectivity index (χ3n) is 4.35. The van der Waals surface area contributed by atoms with Crippen LogP contribution >= 0.6 is 12.2 Å². The van der Waals surface area contributed by atoms with E-state index in [0.717, 1.165) is 18.7 Å². The molecular formula is C22H21N3O2S. The van der Waals surface area contributed by atoms with Gasteiger partial charge in [0.05, 0.1) is 4.92 Å². The molecule has 0 aliphatic carbocycles. The SMILES string of the molecule is O=[N+]([O-])c1ccc(NC(=S)N(CCc2ccccc2)Cc2ccccc2)cc1. The Bertz CT molecular complexity index is 916. The maximum atomic E-state index is 10.8. The molecule has 0 unspecified atom stereocenters. The molecule has 0 saturated heterocycles. The molecule has 5 nitrogen and oxygen atoms in total. The second kappa shape index (κ2) is 9.62. The molecule has 3 aromatic carbocycles. The highest BCUT2D eigenvalue weighted by Crippen LogP contribution is 2.17. The zero-order valence-electron chi connectivity index (χ0n) is 15.3. The molecule has 0 atom stereocenters. The standard InChI is InChI=1S/C22H21N3O2S/c26-25(27)21-13-11-20(12-14-21)23-22(28)24(17-19-9-5-2-6-10-19)16-15-18-7-3-1-4-8-18/h1-14H,15-17H2,(H,23,28). The number of nitro benzene ring substituents is 1. The second-order valence-electron chi connectivity index (χ2n) is 6.38. The number of thiocarbonyl (C=S) groups is 1. The summed E-state index contributed by atoms with van der Waals surface area (Å²) in [6.45, 7) is 1.45. The smallest absolute Gasteiger partial charge is 0.269 e. The van der Waals surface area contributed by atoms with Crippen LogP contribution in [-0.2, 0) is 13.0 Å². The fourth-order valence-electron chi connectivity index (χ4n) is 2.83. The predicted molar refractivity (Wildman–Crippen MR) is 116 cm³/mol. The summed E-state index contributed by atoms with van der Waals surface area (Å²) >= 11 is 5.64. The molecule has 0 fully saturated rings. The monoisotopic (exact) mass is 391 g/mol. The summed E-state index contributed by atoms with van der Waals surface area (Å²) in [4.78, 5) is 12.5. The lowest BCUT2D eigenvalue weighted by atomic mass is 10.1. The lowest BCUT2D eigenvalue weighted by Gasteiger charge is -2.26. The Kier molecular flexibility index (Phi) is 6.70. The Morgan fingerprint density at radius 3 is 2.04 bits per heavy atom. The normalized spacial score (nSPS) is 10.3. The highest BCUT2D eigenvalue weighted by molar-refractivity contribution is 7.80. The third-order valence-corrected chi connectivity index (χ3v) is 4.71. The van der Waals surface area contributed by atoms with E-state index in [-0.39, 0.29) is 5.69 Å². The Hall–Kier alpha value is -3.25. The Labute approximate surface area is 169 Å². The number of nitro groups is 1. The van der Waals surface area contributed by atoms with Gasteiger partial charge in [0, 0.05) is 30.9 Å². The molecule has 0 radical (unpaired) electrons. The lowest BCUT2D eigenvalue weighted by molar-refractivity contribution is -0.384. The molecule has 6 heteroatoms. The van der Waals surface area contributed by atoms with Gasteiger partial charge in [0.15, 0.2) is 5.11 Å². The van der Waals surface area contributed by atoms with Gasteiger partial charge in [-0.2, -0.15) is 0 Å². The van der Waals surface area contributed by atoms with Crippen LogP contribution in [0.2, 0.25) is 0 Å². The number of benzene rings is 3. The molecule has 3 rings (SSSR count). The summed E-state index contributed by atoms with van der Waals surface area (Å²) in [5.41, 5.74) is 3.21. The maximum absolute atomic E-state index is 10.8. The summed E-state index contributed by atoms with van der Waals surface area (Å²) in [5.74, 6) is 0. The van der Waals surface area contributed by atoms with Crippen LogP contribution in [0.25, 0.3) is 0 Å². The van der Waals surface area contributed by atoms with Gasteiger partial charge in [-0.15, -0.1) is 0 Å². The van der Waals surface area contributed by atoms with Crippen molar-refractivity contribution in [3.8, 4) is 0 Å². The van der Waals surface area contributed by atoms with E-state index in [1.165, 1.54) is 23.3 Å². The van der Waals surface area contributed by atoms with Crippen molar-refractivity contribution in [2.45, 2.75) is 13.0 Å². The van der Waals surface area contributed by atoms with Crippen molar-refractivity contribution in [3.05, 3.63) is 106 Å². The van der Waals surface area contributed by atoms with Crippen molar-refractivity contribution in [3.63, 3.8) is 0 Å². The fraction of sp³-hybridized carbons (Fsp3) is 0.136. The molecule has 0 saturated carbocycles. The van der Waals surface area contributed by atoms with Crippen molar-refractivity contribution in [1.82, 2.24) is 4.90 Å². The van der Waals surface area contributed by atoms with Crippen LogP contribution in [-0.4, -0.2) is 21.5 Å². The Morgan fingerprint density at radius 2 is 1.46 bits per heavy atom. The first-order valence-corrected chi connectivity index (χ1v) is 9.41. The van der Waals surface area contributed by atoms with Crippen LogP contribution < -0.4 is 5.32 Å². The number of nitrogens with one attached hydrogen (secondary N) is 1. The van der Waals surface area contributed by atoms with Crippen molar-refractivity contribution < 1.29 is 4.92 Å². The van der Waals surface area contributed by atoms with E-state index in [0.29, 0.717) is 11.7 Å². The van der Waals surface area contributed by atoms with E-state index in [2.05, 4.69) is 34.5 Å². The van der Waals surface area contributed by atoms with Gasteiger partial charge >= 0.3 is 0 Å². The van der Waals surface area contributed by atoms with Crippen LogP contribution in [0, 0.1) is 10.1 Å². The molecule has 3 aromatic rings. The van der Waals surface area contributed by atoms with Gasteiger partial charge in [0.25, 0.3) is 5.69 Å². The van der Waals surface area contributed by atoms with Gasteiger partial charge in [-0.05, 0) is 41.9 Å². The number of anilines is 1. The van der Waals surface area contributed by atoms with Crippen LogP contribution in [0.3, 0.4) is 0 Å². The number of non-ortho nitro benzene ring substituents is 1. The second-order valence-corrected chi connectivity index (χ2v) is 6.76. The van der Waals surface area contributed by atoms with Gasteiger partial charge in [0.1, 0.15) is 0 Å². The average molecular weight is 391 g/mol. The maximum Gasteiger partial charge on any atom is 0.269 e. The molecule has 0 heterocycles. The molecule has 0 amide bonds. The lowest BCUT2D eigenvalue weighted by Crippen LogP contribution is -2.35. The molecule has 28 heavy (non-hydrogen) atoms. The minimum Gasteiger partial charge on any atom is -0.344 e. The summed E-state index contributed by atoms with van der Waals surface area (Å²) < 4.78 is 0. The zero-order valence-corrected chi connectivity index (χ0v) is 16.1. The quantitative estimate of drug-likeness (QED) is 0.347. The van der Waals surface area contributed by atoms with Crippen molar-refractivity contribution in [1.29, 1.82) is 0 Å². The molecule has 0 bridgehead atoms. The van der Waals surface area contributed by atoms with Crippen LogP contribution in [0.1, 0.15) is 11.1 Å². The molecule has 0 aliphatic rings. The fourth-order valence-corrected chi connectivity index (χ4v) is 3.11. The minimum atomic E-state index is -0.413. The van der Waals surface area contributed by atoms with Crippen LogP contribution in [0.4, 0.5) is 11.4 Å². The first-order chi connectivity index (χ1) is 13.6. The highest BCUT2D eigenvalue weighted by Gasteiger charge is 2.12. The number of hydrogen-bond donors (Lipinski definition) is 1. The van der Waals surface area contributed by atoms with E-state index in [1.807, 2.05) is 36.4 Å². The van der Waals surface area contributed by atoms with E-state index in [1.54, 1.807) is 12.1 Å². The molecule has 0 aliphatic heterocycles. The average Bonchev–Trinajstić information content (AvgIpc) is 2.73. The Morgan fingerprint density at radius 1 is 0.893 bits per heavy atom. The number of nitrogens with zero attached hydrogens (tertiary/aromatic N) is 2. The Balaban J connectivity index is 1.70. The van der Waals surface area contributed by atoms with Crippen molar-refractivity contribution >= 4 is 28.7 Å². The summed E-state index contributed by atoms with van der Waals surface area (Å²) in [6.07, 6.45) is 0.871. The van der Waals surface area contributed by atoms with Gasteiger partial charge < -0.3 is 10.2 Å². The van der Waals surface area contributed by atoms with Gasteiger partial charge in [-0.3, -0.25) is 10.1 Å². The largest absolute Gasteiger partial charge is 0.344 e. The van der Waals surface area contributed by atoms with Crippen molar-refractivity contribution in [2.24, 2.45) is 0 Å². The molecule has 0 spiro atoms. The minimum absolute atomic E-state index is 0.0571. The van der Waals surface area contributed by atoms with Crippen molar-refractivity contribution in [2.75, 3.05) is 11.9 Å². The van der Waals surface area contributed by atoms with E-state index in [4.69, 9.17) is 12.2 Å². The number of rotatable bonds is 7. The zero-order chi connectivity index (χ0) is 19.8. The first kappa shape index (κ1) is 19.5. The van der Waals surface area contributed by atoms with E-state index < -0.39 is 4.92 Å². The van der Waals surface area contributed by atoms with Crippen LogP contribution in [0.5, 0.6) is 0 Å². The number of hydrogen-bond acceptors (Lipinski definition) is 3. The van der Waals surface area contributed by atoms with Gasteiger partial charge in [-0.1, -0.05) is 60.7 Å². The molecule has 142 valence electrons. The highest BCUT2D eigenvalue weighted by atomic mass is 32.1. The predicted octanol–water partition coefficient (Wildman–Crippen LogP) is 5.04. The molecule has 1 N–H and O–H groups in total. The van der Waals surface area contributed by atoms with Gasteiger partial charge in [0.2, 0.25) is 0 Å². The summed E-state index contributed by atoms with van der Waals surface area (Å²) in [6, 6.07) is 26.7. The topological polar surface area (TPSA) is 58.4 Å². The van der Waals surface area contributed by atoms with E-state index >= 15 is 0 Å². The summed E-state index contributed by atoms with van der Waals surface area (Å²) in [5, 5.41) is 14.6. The molecular weight excluding hydrogens is 370 g/mol. The van der Waals surface area contributed by atoms with Crippen LogP contribution in [0.15, 0.2) is 84.9 Å².